The average molecular weight is 335 g/mol. The van der Waals surface area contributed by atoms with Gasteiger partial charge in [-0.2, -0.15) is 0 Å². The highest BCUT2D eigenvalue weighted by molar-refractivity contribution is 5.95. The summed E-state index contributed by atoms with van der Waals surface area (Å²) in [6.45, 7) is 12.1. The number of nitrogens with zero attached hydrogens (tertiary/aromatic N) is 1. The van der Waals surface area contributed by atoms with Crippen LogP contribution in [0.2, 0.25) is 0 Å². The minimum Gasteiger partial charge on any atom is -0.450 e. The van der Waals surface area contributed by atoms with Crippen molar-refractivity contribution in [2.75, 3.05) is 25.0 Å². The molecule has 0 bridgehead atoms. The number of hydrogen-bond donors (Lipinski definition) is 2. The van der Waals surface area contributed by atoms with Gasteiger partial charge in [-0.1, -0.05) is 0 Å². The normalized spacial score (nSPS) is 11.0. The van der Waals surface area contributed by atoms with Crippen LogP contribution < -0.4 is 10.6 Å². The van der Waals surface area contributed by atoms with Gasteiger partial charge in [0, 0.05) is 36.4 Å². The molecule has 0 aliphatic heterocycles. The predicted molar refractivity (Wildman–Crippen MR) is 96.4 cm³/mol. The van der Waals surface area contributed by atoms with Gasteiger partial charge in [0.05, 0.1) is 6.61 Å². The third-order valence-corrected chi connectivity index (χ3v) is 3.65. The molecule has 24 heavy (non-hydrogen) atoms. The molecule has 6 nitrogen and oxygen atoms in total. The summed E-state index contributed by atoms with van der Waals surface area (Å²) < 4.78 is 4.80. The van der Waals surface area contributed by atoms with E-state index < -0.39 is 6.09 Å². The number of ether oxygens (including phenoxy) is 1. The number of rotatable bonds is 8. The maximum atomic E-state index is 12.2. The van der Waals surface area contributed by atoms with Crippen LogP contribution in [0.25, 0.3) is 0 Å². The minimum atomic E-state index is -0.503. The molecule has 0 atom stereocenters. The Bertz CT molecular complexity index is 519. The molecule has 2 amide bonds. The summed E-state index contributed by atoms with van der Waals surface area (Å²) in [6.07, 6.45) is -0.503. The van der Waals surface area contributed by atoms with Crippen molar-refractivity contribution >= 4 is 17.7 Å². The van der Waals surface area contributed by atoms with Crippen LogP contribution in [-0.2, 0) is 4.74 Å². The van der Waals surface area contributed by atoms with Crippen LogP contribution in [0.3, 0.4) is 0 Å². The summed E-state index contributed by atoms with van der Waals surface area (Å²) in [5.41, 5.74) is 1.15. The number of amides is 2. The van der Waals surface area contributed by atoms with Gasteiger partial charge in [0.1, 0.15) is 0 Å². The van der Waals surface area contributed by atoms with Crippen LogP contribution in [0.15, 0.2) is 24.3 Å². The molecule has 2 N–H and O–H groups in total. The summed E-state index contributed by atoms with van der Waals surface area (Å²) >= 11 is 0. The van der Waals surface area contributed by atoms with Crippen molar-refractivity contribution in [3.05, 3.63) is 29.8 Å². The monoisotopic (exact) mass is 335 g/mol. The summed E-state index contributed by atoms with van der Waals surface area (Å²) in [5, 5.41) is 5.52. The summed E-state index contributed by atoms with van der Waals surface area (Å²) in [6, 6.07) is 7.60. The third-order valence-electron chi connectivity index (χ3n) is 3.65. The number of carbonyl (C=O) groups is 2. The highest BCUT2D eigenvalue weighted by atomic mass is 16.5. The van der Waals surface area contributed by atoms with E-state index in [4.69, 9.17) is 4.74 Å². The molecule has 0 heterocycles. The molecule has 1 aromatic rings. The van der Waals surface area contributed by atoms with Gasteiger partial charge >= 0.3 is 6.09 Å². The molecule has 0 saturated heterocycles. The van der Waals surface area contributed by atoms with E-state index in [-0.39, 0.29) is 5.91 Å². The molecular formula is C18H29N3O3. The van der Waals surface area contributed by atoms with Gasteiger partial charge < -0.3 is 10.1 Å². The van der Waals surface area contributed by atoms with Gasteiger partial charge in [0.2, 0.25) is 0 Å². The molecule has 0 aliphatic carbocycles. The third kappa shape index (κ3) is 6.58. The number of hydrogen-bond acceptors (Lipinski definition) is 4. The lowest BCUT2D eigenvalue weighted by molar-refractivity contribution is 0.0939. The first-order valence-electron chi connectivity index (χ1n) is 8.43. The Morgan fingerprint density at radius 3 is 2.17 bits per heavy atom. The molecule has 0 spiro atoms. The number of anilines is 1. The van der Waals surface area contributed by atoms with Gasteiger partial charge in [0.25, 0.3) is 5.91 Å². The van der Waals surface area contributed by atoms with Crippen LogP contribution >= 0.6 is 0 Å². The summed E-state index contributed by atoms with van der Waals surface area (Å²) in [4.78, 5) is 25.8. The Kier molecular flexibility index (Phi) is 8.26. The van der Waals surface area contributed by atoms with Crippen molar-refractivity contribution < 1.29 is 14.3 Å². The molecule has 1 aromatic carbocycles. The predicted octanol–water partition coefficient (Wildman–Crippen LogP) is 3.10. The lowest BCUT2D eigenvalue weighted by Crippen LogP contribution is -2.42. The minimum absolute atomic E-state index is 0.120. The van der Waals surface area contributed by atoms with E-state index in [1.165, 1.54) is 0 Å². The Balaban J connectivity index is 2.49. The fraction of sp³-hybridized carbons (Fsp3) is 0.556. The second kappa shape index (κ2) is 9.93. The molecule has 134 valence electrons. The number of benzene rings is 1. The van der Waals surface area contributed by atoms with E-state index in [9.17, 15) is 9.59 Å². The summed E-state index contributed by atoms with van der Waals surface area (Å²) in [5.74, 6) is -0.120. The van der Waals surface area contributed by atoms with Gasteiger partial charge in [-0.25, -0.2) is 4.79 Å². The largest absolute Gasteiger partial charge is 0.450 e. The lowest BCUT2D eigenvalue weighted by atomic mass is 10.2. The fourth-order valence-corrected chi connectivity index (χ4v) is 2.50. The van der Waals surface area contributed by atoms with Crippen molar-refractivity contribution in [2.24, 2.45) is 0 Å². The lowest BCUT2D eigenvalue weighted by Gasteiger charge is -2.30. The van der Waals surface area contributed by atoms with Crippen molar-refractivity contribution in [2.45, 2.75) is 46.7 Å². The maximum Gasteiger partial charge on any atom is 0.411 e. The van der Waals surface area contributed by atoms with Crippen LogP contribution in [-0.4, -0.2) is 48.7 Å². The zero-order valence-corrected chi connectivity index (χ0v) is 15.3. The summed E-state index contributed by atoms with van der Waals surface area (Å²) in [7, 11) is 0. The molecule has 1 rings (SSSR count). The van der Waals surface area contributed by atoms with E-state index in [0.717, 1.165) is 6.54 Å². The Hall–Kier alpha value is -2.08. The Morgan fingerprint density at radius 1 is 1.08 bits per heavy atom. The molecule has 0 aromatic heterocycles. The van der Waals surface area contributed by atoms with Crippen LogP contribution in [0.1, 0.15) is 45.0 Å². The second-order valence-electron chi connectivity index (χ2n) is 6.10. The molecule has 6 heteroatoms. The van der Waals surface area contributed by atoms with Gasteiger partial charge in [-0.05, 0) is 58.9 Å². The SMILES string of the molecule is CCOC(=O)Nc1ccc(C(=O)NCCN(C(C)C)C(C)C)cc1. The van der Waals surface area contributed by atoms with Crippen molar-refractivity contribution in [1.29, 1.82) is 0 Å². The Morgan fingerprint density at radius 2 is 1.67 bits per heavy atom. The highest BCUT2D eigenvalue weighted by Gasteiger charge is 2.13. The molecule has 0 fully saturated rings. The van der Waals surface area contributed by atoms with Gasteiger partial charge in [0.15, 0.2) is 0 Å². The van der Waals surface area contributed by atoms with Crippen molar-refractivity contribution in [3.8, 4) is 0 Å². The molecule has 0 saturated carbocycles. The van der Waals surface area contributed by atoms with Crippen LogP contribution in [0.4, 0.5) is 10.5 Å². The van der Waals surface area contributed by atoms with E-state index in [1.54, 1.807) is 31.2 Å². The van der Waals surface area contributed by atoms with E-state index in [0.29, 0.717) is 36.5 Å². The average Bonchev–Trinajstić information content (AvgIpc) is 2.51. The maximum absolute atomic E-state index is 12.2. The first-order chi connectivity index (χ1) is 11.3. The number of nitrogens with one attached hydrogen (secondary N) is 2. The smallest absolute Gasteiger partial charge is 0.411 e. The van der Waals surface area contributed by atoms with Crippen molar-refractivity contribution in [3.63, 3.8) is 0 Å². The highest BCUT2D eigenvalue weighted by Crippen LogP contribution is 2.10. The standard InChI is InChI=1S/C18H29N3O3/c1-6-24-18(23)20-16-9-7-15(8-10-16)17(22)19-11-12-21(13(2)3)14(4)5/h7-10,13-14H,6,11-12H2,1-5H3,(H,19,22)(H,20,23). The molecular weight excluding hydrogens is 306 g/mol. The topological polar surface area (TPSA) is 70.7 Å². The molecule has 0 radical (unpaired) electrons. The first kappa shape index (κ1) is 20.0. The number of carbonyl (C=O) groups excluding carboxylic acids is 2. The van der Waals surface area contributed by atoms with Crippen LogP contribution in [0, 0.1) is 0 Å². The van der Waals surface area contributed by atoms with Crippen LogP contribution in [0.5, 0.6) is 0 Å². The van der Waals surface area contributed by atoms with Crippen molar-refractivity contribution in [1.82, 2.24) is 10.2 Å². The van der Waals surface area contributed by atoms with Gasteiger partial charge in [-0.3, -0.25) is 15.0 Å². The van der Waals surface area contributed by atoms with E-state index in [1.807, 2.05) is 0 Å². The first-order valence-corrected chi connectivity index (χ1v) is 8.43. The Labute approximate surface area is 144 Å². The fourth-order valence-electron chi connectivity index (χ4n) is 2.50. The molecule has 0 unspecified atom stereocenters. The van der Waals surface area contributed by atoms with E-state index in [2.05, 4.69) is 43.2 Å². The van der Waals surface area contributed by atoms with E-state index >= 15 is 0 Å². The zero-order chi connectivity index (χ0) is 18.1. The quantitative estimate of drug-likeness (QED) is 0.766. The molecule has 0 aliphatic rings. The second-order valence-corrected chi connectivity index (χ2v) is 6.10. The zero-order valence-electron chi connectivity index (χ0n) is 15.3. The van der Waals surface area contributed by atoms with Gasteiger partial charge in [-0.15, -0.1) is 0 Å².